The molecule has 2 N–H and O–H groups in total. The third-order valence-electron chi connectivity index (χ3n) is 5.54. The van der Waals surface area contributed by atoms with Gasteiger partial charge in [0.05, 0.1) is 19.8 Å². The molecule has 0 bridgehead atoms. The van der Waals surface area contributed by atoms with Gasteiger partial charge in [0.25, 0.3) is 0 Å². The summed E-state index contributed by atoms with van der Waals surface area (Å²) in [5.41, 5.74) is 5.22. The van der Waals surface area contributed by atoms with Crippen molar-refractivity contribution in [3.63, 3.8) is 0 Å². The summed E-state index contributed by atoms with van der Waals surface area (Å²) in [5, 5.41) is 12.9. The highest BCUT2D eigenvalue weighted by atomic mass is 16.5. The van der Waals surface area contributed by atoms with Gasteiger partial charge in [0.2, 0.25) is 0 Å². The minimum atomic E-state index is -0.498. The molecule has 0 aromatic heterocycles. The van der Waals surface area contributed by atoms with Gasteiger partial charge in [-0.05, 0) is 28.3 Å². The summed E-state index contributed by atoms with van der Waals surface area (Å²) in [4.78, 5) is 12.3. The van der Waals surface area contributed by atoms with Crippen molar-refractivity contribution in [3.8, 4) is 28.4 Å². The topological polar surface area (TPSA) is 77.0 Å². The summed E-state index contributed by atoms with van der Waals surface area (Å²) >= 11 is 0. The highest BCUT2D eigenvalue weighted by Gasteiger charge is 2.28. The minimum absolute atomic E-state index is 0.0178. The summed E-state index contributed by atoms with van der Waals surface area (Å²) in [6.45, 7) is 0.502. The first-order valence-electron chi connectivity index (χ1n) is 10.3. The maximum atomic E-state index is 12.3. The van der Waals surface area contributed by atoms with Crippen molar-refractivity contribution in [2.75, 3.05) is 27.4 Å². The van der Waals surface area contributed by atoms with Crippen LogP contribution in [0.25, 0.3) is 17.2 Å². The molecule has 1 aliphatic carbocycles. The zero-order valence-corrected chi connectivity index (χ0v) is 18.0. The highest BCUT2D eigenvalue weighted by Crippen LogP contribution is 2.44. The van der Waals surface area contributed by atoms with E-state index >= 15 is 0 Å². The third-order valence-corrected chi connectivity index (χ3v) is 5.54. The first-order chi connectivity index (χ1) is 15.6. The lowest BCUT2D eigenvalue weighted by Gasteiger charge is -2.14. The molecule has 0 unspecified atom stereocenters. The molecular weight excluding hydrogens is 406 g/mol. The average molecular weight is 431 g/mol. The van der Waals surface area contributed by atoms with Crippen LogP contribution in [0.2, 0.25) is 0 Å². The molecule has 0 saturated carbocycles. The second-order valence-electron chi connectivity index (χ2n) is 7.37. The lowest BCUT2D eigenvalue weighted by Crippen LogP contribution is -2.26. The van der Waals surface area contributed by atoms with Crippen LogP contribution in [-0.4, -0.2) is 38.6 Å². The molecule has 4 rings (SSSR count). The summed E-state index contributed by atoms with van der Waals surface area (Å²) in [7, 11) is 3.03. The van der Waals surface area contributed by atoms with Crippen molar-refractivity contribution < 1.29 is 24.1 Å². The van der Waals surface area contributed by atoms with Crippen LogP contribution in [0.5, 0.6) is 17.2 Å². The van der Waals surface area contributed by atoms with Crippen LogP contribution < -0.4 is 14.8 Å². The monoisotopic (exact) mass is 431 g/mol. The summed E-state index contributed by atoms with van der Waals surface area (Å²) in [6.07, 6.45) is 2.89. The van der Waals surface area contributed by atoms with Gasteiger partial charge in [0, 0.05) is 24.6 Å². The number of methoxy groups -OCH3 is 2. The van der Waals surface area contributed by atoms with Gasteiger partial charge in [-0.2, -0.15) is 0 Å². The van der Waals surface area contributed by atoms with E-state index in [4.69, 9.17) is 14.2 Å². The smallest absolute Gasteiger partial charge is 0.407 e. The normalized spacial score (nSPS) is 12.3. The molecule has 0 spiro atoms. The molecular formula is C26H25NO5. The lowest BCUT2D eigenvalue weighted by atomic mass is 9.98. The number of carbonyl (C=O) groups excluding carboxylic acids is 1. The van der Waals surface area contributed by atoms with Crippen LogP contribution in [0, 0.1) is 0 Å². The number of hydrogen-bond acceptors (Lipinski definition) is 5. The number of phenols is 1. The highest BCUT2D eigenvalue weighted by molar-refractivity contribution is 5.79. The molecule has 0 heterocycles. The number of fused-ring (bicyclic) bond motifs is 3. The van der Waals surface area contributed by atoms with E-state index in [0.29, 0.717) is 17.1 Å². The van der Waals surface area contributed by atoms with Crippen molar-refractivity contribution in [1.82, 2.24) is 5.32 Å². The Balaban J connectivity index is 1.35. The largest absolute Gasteiger partial charge is 0.507 e. The van der Waals surface area contributed by atoms with E-state index in [9.17, 15) is 9.90 Å². The molecule has 164 valence electrons. The fourth-order valence-corrected chi connectivity index (χ4v) is 4.01. The van der Waals surface area contributed by atoms with E-state index in [2.05, 4.69) is 29.6 Å². The number of amides is 1. The predicted octanol–water partition coefficient (Wildman–Crippen LogP) is 4.96. The zero-order chi connectivity index (χ0) is 22.5. The van der Waals surface area contributed by atoms with E-state index in [-0.39, 0.29) is 24.8 Å². The van der Waals surface area contributed by atoms with Crippen LogP contribution in [0.4, 0.5) is 4.79 Å². The van der Waals surface area contributed by atoms with Gasteiger partial charge in [-0.25, -0.2) is 4.79 Å². The molecule has 0 radical (unpaired) electrons. The Morgan fingerprint density at radius 3 is 2.28 bits per heavy atom. The predicted molar refractivity (Wildman–Crippen MR) is 123 cm³/mol. The standard InChI is InChI=1S/C26H25NO5/c1-30-17-14-24(28)22(25(15-17)31-2)12-7-13-27-26(29)32-16-23-20-10-5-3-8-18(20)19-9-4-6-11-21(19)23/h3-12,14-15,23,28H,13,16H2,1-2H3,(H,27,29). The molecule has 0 saturated heterocycles. The van der Waals surface area contributed by atoms with Crippen LogP contribution in [0.1, 0.15) is 22.6 Å². The fraction of sp³-hybridized carbons (Fsp3) is 0.192. The Kier molecular flexibility index (Phi) is 6.31. The molecule has 32 heavy (non-hydrogen) atoms. The zero-order valence-electron chi connectivity index (χ0n) is 18.0. The number of nitrogens with one attached hydrogen (secondary N) is 1. The van der Waals surface area contributed by atoms with Crippen molar-refractivity contribution >= 4 is 12.2 Å². The molecule has 6 heteroatoms. The number of hydrogen-bond donors (Lipinski definition) is 2. The van der Waals surface area contributed by atoms with Gasteiger partial charge >= 0.3 is 6.09 Å². The van der Waals surface area contributed by atoms with Gasteiger partial charge in [-0.1, -0.05) is 54.6 Å². The number of alkyl carbamates (subject to hydrolysis) is 1. The molecule has 3 aromatic rings. The Morgan fingerprint density at radius 1 is 1.00 bits per heavy atom. The molecule has 0 fully saturated rings. The van der Waals surface area contributed by atoms with Gasteiger partial charge in [0.15, 0.2) is 0 Å². The van der Waals surface area contributed by atoms with Gasteiger partial charge < -0.3 is 24.6 Å². The van der Waals surface area contributed by atoms with Gasteiger partial charge in [0.1, 0.15) is 23.9 Å². The van der Waals surface area contributed by atoms with E-state index in [0.717, 1.165) is 0 Å². The van der Waals surface area contributed by atoms with E-state index in [1.807, 2.05) is 24.3 Å². The van der Waals surface area contributed by atoms with E-state index in [1.165, 1.54) is 42.5 Å². The molecule has 0 atom stereocenters. The number of ether oxygens (including phenoxy) is 3. The third kappa shape index (κ3) is 4.25. The SMILES string of the molecule is COc1cc(O)c(C=CCNC(=O)OCC2c3ccccc3-c3ccccc32)c(OC)c1. The number of aromatic hydroxyl groups is 1. The number of phenolic OH excluding ortho intramolecular Hbond substituents is 1. The van der Waals surface area contributed by atoms with Crippen molar-refractivity contribution in [2.24, 2.45) is 0 Å². The van der Waals surface area contributed by atoms with Gasteiger partial charge in [-0.15, -0.1) is 0 Å². The van der Waals surface area contributed by atoms with Crippen LogP contribution in [-0.2, 0) is 4.74 Å². The van der Waals surface area contributed by atoms with Gasteiger partial charge in [-0.3, -0.25) is 0 Å². The van der Waals surface area contributed by atoms with E-state index < -0.39 is 6.09 Å². The molecule has 6 nitrogen and oxygen atoms in total. The van der Waals surface area contributed by atoms with Crippen LogP contribution in [0.15, 0.2) is 66.7 Å². The lowest BCUT2D eigenvalue weighted by molar-refractivity contribution is 0.144. The van der Waals surface area contributed by atoms with Crippen molar-refractivity contribution in [3.05, 3.63) is 83.4 Å². The van der Waals surface area contributed by atoms with Crippen LogP contribution in [0.3, 0.4) is 0 Å². The summed E-state index contributed by atoms with van der Waals surface area (Å²) in [5.74, 6) is 1.01. The Bertz CT molecular complexity index is 1110. The minimum Gasteiger partial charge on any atom is -0.507 e. The Morgan fingerprint density at radius 2 is 1.66 bits per heavy atom. The maximum Gasteiger partial charge on any atom is 0.407 e. The molecule has 1 amide bonds. The van der Waals surface area contributed by atoms with Crippen molar-refractivity contribution in [1.29, 1.82) is 0 Å². The Hall–Kier alpha value is -3.93. The second-order valence-corrected chi connectivity index (χ2v) is 7.37. The quantitative estimate of drug-likeness (QED) is 0.553. The van der Waals surface area contributed by atoms with E-state index in [1.54, 1.807) is 18.2 Å². The summed E-state index contributed by atoms with van der Waals surface area (Å²) < 4.78 is 15.9. The average Bonchev–Trinajstić information content (AvgIpc) is 3.14. The molecule has 1 aliphatic rings. The number of rotatable bonds is 7. The second kappa shape index (κ2) is 9.47. The van der Waals surface area contributed by atoms with Crippen molar-refractivity contribution in [2.45, 2.75) is 5.92 Å². The maximum absolute atomic E-state index is 12.3. The summed E-state index contributed by atoms with van der Waals surface area (Å²) in [6, 6.07) is 19.6. The molecule has 3 aromatic carbocycles. The number of carbonyl (C=O) groups is 1. The first kappa shape index (κ1) is 21.3. The number of benzene rings is 3. The Labute approximate surface area is 187 Å². The fourth-order valence-electron chi connectivity index (χ4n) is 4.01. The van der Waals surface area contributed by atoms with Crippen LogP contribution >= 0.6 is 0 Å². The molecule has 0 aliphatic heterocycles. The first-order valence-corrected chi connectivity index (χ1v) is 10.3.